The number of methoxy groups -OCH3 is 1. The Morgan fingerprint density at radius 2 is 1.41 bits per heavy atom. The number of phenolic OH excluding ortho intramolecular Hbond substituents is 1. The van der Waals surface area contributed by atoms with Crippen LogP contribution in [0.2, 0.25) is 0 Å². The summed E-state index contributed by atoms with van der Waals surface area (Å²) in [5.74, 6) is -1.05. The maximum Gasteiger partial charge on any atom is 0.318 e. The molecule has 3 aromatic carbocycles. The van der Waals surface area contributed by atoms with Crippen LogP contribution in [0.5, 0.6) is 5.75 Å². The van der Waals surface area contributed by atoms with Crippen molar-refractivity contribution in [3.05, 3.63) is 77.9 Å². The van der Waals surface area contributed by atoms with E-state index in [1.54, 1.807) is 19.1 Å². The van der Waals surface area contributed by atoms with Gasteiger partial charge in [-0.2, -0.15) is 0 Å². The van der Waals surface area contributed by atoms with E-state index in [0.717, 1.165) is 10.8 Å². The smallest absolute Gasteiger partial charge is 0.318 e. The Hall–Kier alpha value is -3.34. The highest BCUT2D eigenvalue weighted by Gasteiger charge is 2.37. The van der Waals surface area contributed by atoms with Crippen molar-refractivity contribution in [3.8, 4) is 5.75 Å². The molecule has 0 saturated heterocycles. The standard InChI is InChI=1S/C19H16O3.C3H6O2/c1-19(18(21)22,15-8-10-17(20)11-9-15)16-7-6-13-4-2-3-5-14(13)12-16;1-3(4)5-2/h2-12,20H,1H3,(H,21,22);1-2H3. The predicted molar refractivity (Wildman–Crippen MR) is 104 cm³/mol. The minimum atomic E-state index is -1.17. The number of carboxylic acid groups (broad SMARTS) is 1. The summed E-state index contributed by atoms with van der Waals surface area (Å²) in [6.45, 7) is 3.05. The fourth-order valence-corrected chi connectivity index (χ4v) is 2.71. The highest BCUT2D eigenvalue weighted by atomic mass is 16.5. The number of benzene rings is 3. The van der Waals surface area contributed by atoms with Gasteiger partial charge < -0.3 is 14.9 Å². The molecule has 0 aromatic heterocycles. The molecule has 0 amide bonds. The zero-order chi connectivity index (χ0) is 20.0. The minimum Gasteiger partial charge on any atom is -0.508 e. The minimum absolute atomic E-state index is 0.120. The molecule has 5 heteroatoms. The Bertz CT molecular complexity index is 946. The lowest BCUT2D eigenvalue weighted by Gasteiger charge is -2.26. The fourth-order valence-electron chi connectivity index (χ4n) is 2.71. The van der Waals surface area contributed by atoms with Crippen LogP contribution in [-0.4, -0.2) is 29.3 Å². The quantitative estimate of drug-likeness (QED) is 0.682. The summed E-state index contributed by atoms with van der Waals surface area (Å²) in [6.07, 6.45) is 0. The number of esters is 1. The Balaban J connectivity index is 0.000000465. The number of rotatable bonds is 3. The molecule has 0 aliphatic heterocycles. The summed E-state index contributed by atoms with van der Waals surface area (Å²) in [4.78, 5) is 21.6. The second-order valence-electron chi connectivity index (χ2n) is 6.23. The average molecular weight is 366 g/mol. The monoisotopic (exact) mass is 366 g/mol. The van der Waals surface area contributed by atoms with E-state index in [9.17, 15) is 19.8 Å². The molecule has 0 aliphatic rings. The summed E-state index contributed by atoms with van der Waals surface area (Å²) in [5, 5.41) is 21.3. The van der Waals surface area contributed by atoms with E-state index < -0.39 is 11.4 Å². The number of hydrogen-bond acceptors (Lipinski definition) is 4. The normalized spacial score (nSPS) is 12.4. The molecule has 0 aliphatic carbocycles. The van der Waals surface area contributed by atoms with Crippen LogP contribution in [-0.2, 0) is 19.7 Å². The predicted octanol–water partition coefficient (Wildman–Crippen LogP) is 4.12. The number of fused-ring (bicyclic) bond motifs is 1. The maximum absolute atomic E-state index is 12.0. The van der Waals surface area contributed by atoms with Gasteiger partial charge in [0.05, 0.1) is 7.11 Å². The second-order valence-corrected chi connectivity index (χ2v) is 6.23. The Labute approximate surface area is 157 Å². The zero-order valence-electron chi connectivity index (χ0n) is 15.5. The van der Waals surface area contributed by atoms with Gasteiger partial charge in [-0.25, -0.2) is 0 Å². The van der Waals surface area contributed by atoms with Crippen LogP contribution in [0, 0.1) is 0 Å². The van der Waals surface area contributed by atoms with Gasteiger partial charge >= 0.3 is 11.9 Å². The maximum atomic E-state index is 12.0. The lowest BCUT2D eigenvalue weighted by atomic mass is 9.76. The lowest BCUT2D eigenvalue weighted by molar-refractivity contribution is -0.141. The summed E-state index contributed by atoms with van der Waals surface area (Å²) >= 11 is 0. The molecule has 5 nitrogen and oxygen atoms in total. The molecule has 0 fully saturated rings. The molecule has 3 rings (SSSR count). The first-order valence-electron chi connectivity index (χ1n) is 8.35. The number of carbonyl (C=O) groups is 2. The highest BCUT2D eigenvalue weighted by molar-refractivity contribution is 5.89. The van der Waals surface area contributed by atoms with E-state index in [2.05, 4.69) is 4.74 Å². The summed E-state index contributed by atoms with van der Waals surface area (Å²) in [5.41, 5.74) is 0.176. The van der Waals surface area contributed by atoms with Crippen LogP contribution in [0.25, 0.3) is 10.8 Å². The number of aromatic hydroxyl groups is 1. The van der Waals surface area contributed by atoms with Gasteiger partial charge in [0.2, 0.25) is 0 Å². The van der Waals surface area contributed by atoms with Crippen molar-refractivity contribution in [2.45, 2.75) is 19.3 Å². The van der Waals surface area contributed by atoms with Crippen molar-refractivity contribution >= 4 is 22.7 Å². The lowest BCUT2D eigenvalue weighted by Crippen LogP contribution is -2.33. The van der Waals surface area contributed by atoms with Crippen molar-refractivity contribution in [2.75, 3.05) is 7.11 Å². The van der Waals surface area contributed by atoms with Gasteiger partial charge in [0, 0.05) is 6.92 Å². The molecule has 1 unspecified atom stereocenters. The van der Waals surface area contributed by atoms with E-state index >= 15 is 0 Å². The van der Waals surface area contributed by atoms with Crippen LogP contribution in [0.3, 0.4) is 0 Å². The fraction of sp³-hybridized carbons (Fsp3) is 0.182. The van der Waals surface area contributed by atoms with Gasteiger partial charge in [0.1, 0.15) is 11.2 Å². The molecule has 0 bridgehead atoms. The molecule has 140 valence electrons. The van der Waals surface area contributed by atoms with Crippen molar-refractivity contribution in [1.29, 1.82) is 0 Å². The van der Waals surface area contributed by atoms with Crippen LogP contribution in [0.1, 0.15) is 25.0 Å². The second kappa shape index (κ2) is 8.36. The van der Waals surface area contributed by atoms with Crippen molar-refractivity contribution in [3.63, 3.8) is 0 Å². The largest absolute Gasteiger partial charge is 0.508 e. The topological polar surface area (TPSA) is 83.8 Å². The van der Waals surface area contributed by atoms with Gasteiger partial charge in [0.15, 0.2) is 0 Å². The molecule has 3 aromatic rings. The average Bonchev–Trinajstić information content (AvgIpc) is 2.67. The Morgan fingerprint density at radius 1 is 0.889 bits per heavy atom. The van der Waals surface area contributed by atoms with Crippen LogP contribution < -0.4 is 0 Å². The van der Waals surface area contributed by atoms with Gasteiger partial charge in [-0.1, -0.05) is 48.5 Å². The molecule has 1 atom stereocenters. The third-order valence-corrected chi connectivity index (χ3v) is 4.49. The van der Waals surface area contributed by atoms with Gasteiger partial charge in [-0.15, -0.1) is 0 Å². The number of aliphatic carboxylic acids is 1. The first-order valence-corrected chi connectivity index (χ1v) is 8.35. The third-order valence-electron chi connectivity index (χ3n) is 4.49. The summed E-state index contributed by atoms with van der Waals surface area (Å²) in [7, 11) is 1.35. The summed E-state index contributed by atoms with van der Waals surface area (Å²) in [6, 6.07) is 19.9. The molecule has 0 saturated carbocycles. The number of hydrogen-bond donors (Lipinski definition) is 2. The van der Waals surface area contributed by atoms with Crippen molar-refractivity contribution < 1.29 is 24.5 Å². The third kappa shape index (κ3) is 4.44. The van der Waals surface area contributed by atoms with Gasteiger partial charge in [0.25, 0.3) is 0 Å². The molecular formula is C22H22O5. The molecule has 0 heterocycles. The molecular weight excluding hydrogens is 344 g/mol. The number of ether oxygens (including phenoxy) is 1. The number of carboxylic acids is 1. The van der Waals surface area contributed by atoms with Crippen LogP contribution >= 0.6 is 0 Å². The highest BCUT2D eigenvalue weighted by Crippen LogP contribution is 2.34. The SMILES string of the molecule is CC(C(=O)O)(c1ccc(O)cc1)c1ccc2ccccc2c1.COC(C)=O. The number of phenols is 1. The van der Waals surface area contributed by atoms with Gasteiger partial charge in [-0.05, 0) is 47.0 Å². The van der Waals surface area contributed by atoms with E-state index in [4.69, 9.17) is 0 Å². The van der Waals surface area contributed by atoms with Crippen LogP contribution in [0.4, 0.5) is 0 Å². The molecule has 2 N–H and O–H groups in total. The van der Waals surface area contributed by atoms with Crippen LogP contribution in [0.15, 0.2) is 66.7 Å². The first kappa shape index (κ1) is 20.0. The van der Waals surface area contributed by atoms with E-state index in [1.165, 1.54) is 26.2 Å². The number of carbonyl (C=O) groups excluding carboxylic acids is 1. The van der Waals surface area contributed by atoms with E-state index in [0.29, 0.717) is 11.1 Å². The Morgan fingerprint density at radius 3 is 1.93 bits per heavy atom. The molecule has 0 radical (unpaired) electrons. The zero-order valence-corrected chi connectivity index (χ0v) is 15.5. The first-order chi connectivity index (χ1) is 12.8. The summed E-state index contributed by atoms with van der Waals surface area (Å²) < 4.78 is 4.11. The molecule has 27 heavy (non-hydrogen) atoms. The molecule has 0 spiro atoms. The van der Waals surface area contributed by atoms with E-state index in [1.807, 2.05) is 42.5 Å². The van der Waals surface area contributed by atoms with Crippen molar-refractivity contribution in [2.24, 2.45) is 0 Å². The van der Waals surface area contributed by atoms with Crippen molar-refractivity contribution in [1.82, 2.24) is 0 Å². The van der Waals surface area contributed by atoms with E-state index in [-0.39, 0.29) is 11.7 Å². The van der Waals surface area contributed by atoms with Gasteiger partial charge in [-0.3, -0.25) is 9.59 Å². The Kier molecular flexibility index (Phi) is 6.19.